The van der Waals surface area contributed by atoms with Gasteiger partial charge in [0.25, 0.3) is 0 Å². The number of halogens is 3. The molecule has 0 radical (unpaired) electrons. The zero-order valence-corrected chi connectivity index (χ0v) is 14.4. The molecular weight excluding hydrogens is 361 g/mol. The highest BCUT2D eigenvalue weighted by Gasteiger charge is 2.30. The van der Waals surface area contributed by atoms with Gasteiger partial charge >= 0.3 is 12.1 Å². The minimum atomic E-state index is -4.31. The van der Waals surface area contributed by atoms with Crippen LogP contribution in [0.5, 0.6) is 0 Å². The van der Waals surface area contributed by atoms with Crippen molar-refractivity contribution in [3.8, 4) is 0 Å². The first-order chi connectivity index (χ1) is 11.6. The molecule has 0 unspecified atom stereocenters. The number of ether oxygens (including phenoxy) is 1. The van der Waals surface area contributed by atoms with Crippen LogP contribution in [0.15, 0.2) is 24.3 Å². The Morgan fingerprint density at radius 3 is 2.68 bits per heavy atom. The lowest BCUT2D eigenvalue weighted by Gasteiger charge is -2.19. The van der Waals surface area contributed by atoms with Crippen molar-refractivity contribution >= 4 is 21.7 Å². The number of carbonyl (C=O) groups is 1. The number of benzene rings is 1. The van der Waals surface area contributed by atoms with Crippen LogP contribution in [-0.4, -0.2) is 64.5 Å². The van der Waals surface area contributed by atoms with Crippen molar-refractivity contribution in [3.05, 3.63) is 29.8 Å². The Hall–Kier alpha value is -1.81. The molecule has 0 aliphatic carbocycles. The van der Waals surface area contributed by atoms with Crippen LogP contribution in [0.2, 0.25) is 0 Å². The van der Waals surface area contributed by atoms with Crippen LogP contribution in [0.1, 0.15) is 16.8 Å². The van der Waals surface area contributed by atoms with Crippen LogP contribution >= 0.6 is 0 Å². The summed E-state index contributed by atoms with van der Waals surface area (Å²) >= 11 is 0. The zero-order chi connectivity index (χ0) is 18.7. The van der Waals surface area contributed by atoms with E-state index in [2.05, 4.69) is 0 Å². The Balaban J connectivity index is 1.93. The summed E-state index contributed by atoms with van der Waals surface area (Å²) in [5.74, 6) is -0.647. The number of rotatable bonds is 6. The van der Waals surface area contributed by atoms with E-state index in [0.717, 1.165) is 4.90 Å². The maximum atomic E-state index is 12.2. The van der Waals surface area contributed by atoms with Crippen LogP contribution in [0.4, 0.5) is 18.9 Å². The minimum absolute atomic E-state index is 0.0627. The number of nitrogens with zero attached hydrogens (tertiary/aromatic N) is 2. The standard InChI is InChI=1S/C15H19F3N2O4S/c1-19(11-15(16,17)18)7-8-24-14(21)12-4-2-5-13(10-12)20-6-3-9-25(20,22)23/h2,4-5,10H,3,6-9,11H2,1H3. The predicted molar refractivity (Wildman–Crippen MR) is 86.0 cm³/mol. The van der Waals surface area contributed by atoms with Crippen LogP contribution in [-0.2, 0) is 14.8 Å². The lowest BCUT2D eigenvalue weighted by atomic mass is 10.2. The molecule has 10 heteroatoms. The quantitative estimate of drug-likeness (QED) is 0.705. The Bertz CT molecular complexity index is 722. The van der Waals surface area contributed by atoms with E-state index < -0.39 is 28.7 Å². The van der Waals surface area contributed by atoms with Gasteiger partial charge in [-0.05, 0) is 31.7 Å². The second-order valence-corrected chi connectivity index (χ2v) is 7.79. The molecule has 0 bridgehead atoms. The number of esters is 1. The fraction of sp³-hybridized carbons (Fsp3) is 0.533. The smallest absolute Gasteiger partial charge is 0.401 e. The Labute approximate surface area is 144 Å². The molecular formula is C15H19F3N2O4S. The molecule has 0 saturated carbocycles. The zero-order valence-electron chi connectivity index (χ0n) is 13.6. The highest BCUT2D eigenvalue weighted by molar-refractivity contribution is 7.93. The summed E-state index contributed by atoms with van der Waals surface area (Å²) in [4.78, 5) is 13.0. The number of anilines is 1. The number of hydrogen-bond acceptors (Lipinski definition) is 5. The highest BCUT2D eigenvalue weighted by Crippen LogP contribution is 2.25. The average molecular weight is 380 g/mol. The monoisotopic (exact) mass is 380 g/mol. The van der Waals surface area contributed by atoms with Crippen LogP contribution in [0.25, 0.3) is 0 Å². The molecule has 1 aliphatic heterocycles. The van der Waals surface area contributed by atoms with E-state index >= 15 is 0 Å². The third-order valence-electron chi connectivity index (χ3n) is 3.62. The second kappa shape index (κ2) is 7.61. The first kappa shape index (κ1) is 19.5. The molecule has 1 aliphatic rings. The fourth-order valence-electron chi connectivity index (χ4n) is 2.48. The van der Waals surface area contributed by atoms with E-state index in [4.69, 9.17) is 4.74 Å². The highest BCUT2D eigenvalue weighted by atomic mass is 32.2. The summed E-state index contributed by atoms with van der Waals surface area (Å²) in [6.07, 6.45) is -3.79. The second-order valence-electron chi connectivity index (χ2n) is 5.78. The number of alkyl halides is 3. The van der Waals surface area contributed by atoms with Gasteiger partial charge in [-0.3, -0.25) is 9.21 Å². The molecule has 6 nitrogen and oxygen atoms in total. The molecule has 0 N–H and O–H groups in total. The van der Waals surface area contributed by atoms with Gasteiger partial charge in [0.15, 0.2) is 0 Å². The molecule has 1 aromatic rings. The average Bonchev–Trinajstić information content (AvgIpc) is 2.85. The lowest BCUT2D eigenvalue weighted by molar-refractivity contribution is -0.143. The van der Waals surface area contributed by atoms with Crippen molar-refractivity contribution < 1.29 is 31.1 Å². The minimum Gasteiger partial charge on any atom is -0.461 e. The Morgan fingerprint density at radius 1 is 1.36 bits per heavy atom. The molecule has 25 heavy (non-hydrogen) atoms. The summed E-state index contributed by atoms with van der Waals surface area (Å²) in [6.45, 7) is -1.00. The first-order valence-electron chi connectivity index (χ1n) is 7.61. The first-order valence-corrected chi connectivity index (χ1v) is 9.22. The van der Waals surface area contributed by atoms with Crippen molar-refractivity contribution in [2.75, 3.05) is 43.3 Å². The fourth-order valence-corrected chi connectivity index (χ4v) is 4.04. The largest absolute Gasteiger partial charge is 0.461 e. The molecule has 140 valence electrons. The van der Waals surface area contributed by atoms with E-state index in [1.807, 2.05) is 0 Å². The van der Waals surface area contributed by atoms with E-state index in [1.54, 1.807) is 6.07 Å². The van der Waals surface area contributed by atoms with E-state index in [-0.39, 0.29) is 24.5 Å². The van der Waals surface area contributed by atoms with E-state index in [0.29, 0.717) is 18.7 Å². The SMILES string of the molecule is CN(CCOC(=O)c1cccc(N2CCCS2(=O)=O)c1)CC(F)(F)F. The molecule has 0 aromatic heterocycles. The van der Waals surface area contributed by atoms with Gasteiger partial charge < -0.3 is 4.74 Å². The van der Waals surface area contributed by atoms with Crippen molar-refractivity contribution in [1.82, 2.24) is 4.90 Å². The Morgan fingerprint density at radius 2 is 2.08 bits per heavy atom. The van der Waals surface area contributed by atoms with Crippen molar-refractivity contribution in [1.29, 1.82) is 0 Å². The van der Waals surface area contributed by atoms with Crippen molar-refractivity contribution in [2.24, 2.45) is 0 Å². The number of likely N-dealkylation sites (N-methyl/N-ethyl adjacent to an activating group) is 1. The van der Waals surface area contributed by atoms with Gasteiger partial charge in [0.05, 0.1) is 23.5 Å². The normalized spacial score (nSPS) is 17.1. The van der Waals surface area contributed by atoms with Gasteiger partial charge in [-0.25, -0.2) is 13.2 Å². The number of sulfonamides is 1. The lowest BCUT2D eigenvalue weighted by Crippen LogP contribution is -2.33. The third kappa shape index (κ3) is 5.60. The molecule has 0 spiro atoms. The molecule has 1 fully saturated rings. The van der Waals surface area contributed by atoms with Gasteiger partial charge in [-0.2, -0.15) is 13.2 Å². The maximum Gasteiger partial charge on any atom is 0.401 e. The van der Waals surface area contributed by atoms with E-state index in [1.165, 1.54) is 29.6 Å². The summed E-state index contributed by atoms with van der Waals surface area (Å²) < 4.78 is 66.7. The Kier molecular flexibility index (Phi) is 5.94. The number of hydrogen-bond donors (Lipinski definition) is 0. The topological polar surface area (TPSA) is 66.9 Å². The van der Waals surface area contributed by atoms with Crippen molar-refractivity contribution in [2.45, 2.75) is 12.6 Å². The van der Waals surface area contributed by atoms with Gasteiger partial charge in [0.1, 0.15) is 6.61 Å². The van der Waals surface area contributed by atoms with Crippen LogP contribution in [0, 0.1) is 0 Å². The van der Waals surface area contributed by atoms with Crippen molar-refractivity contribution in [3.63, 3.8) is 0 Å². The molecule has 1 saturated heterocycles. The van der Waals surface area contributed by atoms with Gasteiger partial charge in [0, 0.05) is 13.1 Å². The van der Waals surface area contributed by atoms with Gasteiger partial charge in [0.2, 0.25) is 10.0 Å². The summed E-state index contributed by atoms with van der Waals surface area (Å²) in [5, 5.41) is 0. The molecule has 1 heterocycles. The molecule has 0 amide bonds. The van der Waals surface area contributed by atoms with Gasteiger partial charge in [-0.15, -0.1) is 0 Å². The van der Waals surface area contributed by atoms with Crippen LogP contribution < -0.4 is 4.31 Å². The summed E-state index contributed by atoms with van der Waals surface area (Å²) in [6, 6.07) is 5.99. The van der Waals surface area contributed by atoms with Gasteiger partial charge in [-0.1, -0.05) is 6.07 Å². The summed E-state index contributed by atoms with van der Waals surface area (Å²) in [7, 11) is -2.08. The molecule has 1 aromatic carbocycles. The number of carbonyl (C=O) groups excluding carboxylic acids is 1. The summed E-state index contributed by atoms with van der Waals surface area (Å²) in [5.41, 5.74) is 0.527. The predicted octanol–water partition coefficient (Wildman–Crippen LogP) is 1.88. The maximum absolute atomic E-state index is 12.2. The van der Waals surface area contributed by atoms with E-state index in [9.17, 15) is 26.4 Å². The molecule has 0 atom stereocenters. The van der Waals surface area contributed by atoms with Crippen LogP contribution in [0.3, 0.4) is 0 Å². The molecule has 2 rings (SSSR count). The third-order valence-corrected chi connectivity index (χ3v) is 5.49.